The molecule has 1 saturated carbocycles. The second kappa shape index (κ2) is 8.53. The molecule has 1 aromatic carbocycles. The van der Waals surface area contributed by atoms with Gasteiger partial charge >= 0.3 is 0 Å². The van der Waals surface area contributed by atoms with Gasteiger partial charge in [-0.3, -0.25) is 9.62 Å². The van der Waals surface area contributed by atoms with Crippen molar-refractivity contribution in [2.45, 2.75) is 42.8 Å². The zero-order valence-corrected chi connectivity index (χ0v) is 19.6. The van der Waals surface area contributed by atoms with Crippen LogP contribution in [0.2, 0.25) is 5.02 Å². The van der Waals surface area contributed by atoms with Crippen LogP contribution in [0.3, 0.4) is 0 Å². The summed E-state index contributed by atoms with van der Waals surface area (Å²) in [4.78, 5) is 6.03. The number of aromatic nitrogens is 1. The van der Waals surface area contributed by atoms with Crippen molar-refractivity contribution in [2.24, 2.45) is 5.41 Å². The third kappa shape index (κ3) is 4.01. The molecule has 2 aliphatic heterocycles. The lowest BCUT2D eigenvalue weighted by atomic mass is 9.63. The molecule has 5 rings (SSSR count). The number of anilines is 2. The van der Waals surface area contributed by atoms with Gasteiger partial charge < -0.3 is 4.90 Å². The number of nitrogens with one attached hydrogen (secondary N) is 1. The quantitative estimate of drug-likeness (QED) is 0.362. The van der Waals surface area contributed by atoms with Gasteiger partial charge in [-0.15, -0.1) is 0 Å². The topological polar surface area (TPSA) is 65.5 Å². The molecule has 2 saturated heterocycles. The van der Waals surface area contributed by atoms with E-state index in [1.54, 1.807) is 4.90 Å². The molecule has 0 bridgehead atoms. The maximum absolute atomic E-state index is 15.1. The number of hydrogen-bond donors (Lipinski definition) is 1. The Morgan fingerprint density at radius 2 is 1.94 bits per heavy atom. The summed E-state index contributed by atoms with van der Waals surface area (Å²) in [6, 6.07) is 4.49. The van der Waals surface area contributed by atoms with Crippen molar-refractivity contribution >= 4 is 33.1 Å². The van der Waals surface area contributed by atoms with Crippen LogP contribution in [0.4, 0.5) is 29.1 Å². The SMILES string of the molecule is O=S(=O)(Nc1cccc(F)n1)c1c(F)cc(N2CC[C@@]3(CC[C@H]3N3CC[C@H](F)C3)C2)c(Cl)c1F. The highest BCUT2D eigenvalue weighted by Gasteiger charge is 2.54. The Labute approximate surface area is 200 Å². The Morgan fingerprint density at radius 3 is 2.59 bits per heavy atom. The highest BCUT2D eigenvalue weighted by molar-refractivity contribution is 7.92. The van der Waals surface area contributed by atoms with Gasteiger partial charge in [-0.05, 0) is 37.8 Å². The number of halogens is 5. The van der Waals surface area contributed by atoms with Crippen LogP contribution in [0.15, 0.2) is 29.2 Å². The van der Waals surface area contributed by atoms with Crippen LogP contribution in [0.5, 0.6) is 0 Å². The summed E-state index contributed by atoms with van der Waals surface area (Å²) < 4.78 is 84.3. The fourth-order valence-corrected chi connectivity index (χ4v) is 7.02. The molecule has 1 N–H and O–H groups in total. The Kier molecular flexibility index (Phi) is 5.92. The maximum Gasteiger partial charge on any atom is 0.268 e. The van der Waals surface area contributed by atoms with E-state index < -0.39 is 49.5 Å². The zero-order chi connectivity index (χ0) is 24.3. The minimum Gasteiger partial charge on any atom is -0.370 e. The van der Waals surface area contributed by atoms with Crippen LogP contribution in [-0.4, -0.2) is 56.7 Å². The van der Waals surface area contributed by atoms with Gasteiger partial charge in [0.1, 0.15) is 22.8 Å². The number of nitrogens with zero attached hydrogens (tertiary/aromatic N) is 3. The van der Waals surface area contributed by atoms with E-state index >= 15 is 4.39 Å². The van der Waals surface area contributed by atoms with E-state index in [-0.39, 0.29) is 17.1 Å². The van der Waals surface area contributed by atoms with Gasteiger partial charge in [0.15, 0.2) is 10.7 Å². The van der Waals surface area contributed by atoms with Gasteiger partial charge in [0, 0.05) is 43.7 Å². The monoisotopic (exact) mass is 518 g/mol. The molecule has 3 atom stereocenters. The van der Waals surface area contributed by atoms with Crippen molar-refractivity contribution in [1.29, 1.82) is 0 Å². The Hall–Kier alpha value is -2.11. The molecule has 1 aliphatic carbocycles. The van der Waals surface area contributed by atoms with E-state index in [2.05, 4.69) is 9.88 Å². The van der Waals surface area contributed by atoms with E-state index in [0.29, 0.717) is 32.6 Å². The fraction of sp³-hybridized carbons (Fsp3) is 0.500. The highest BCUT2D eigenvalue weighted by Crippen LogP contribution is 2.53. The summed E-state index contributed by atoms with van der Waals surface area (Å²) in [7, 11) is -4.77. The second-order valence-electron chi connectivity index (χ2n) is 9.25. The first-order chi connectivity index (χ1) is 16.1. The first-order valence-electron chi connectivity index (χ1n) is 11.1. The molecule has 3 aliphatic rings. The van der Waals surface area contributed by atoms with E-state index in [1.165, 1.54) is 6.07 Å². The molecule has 12 heteroatoms. The molecule has 2 aromatic rings. The van der Waals surface area contributed by atoms with Gasteiger partial charge in [0.2, 0.25) is 5.95 Å². The standard InChI is InChI=1S/C22H23ClF4N4O2S/c23-19-15(31-9-7-22(12-31)6-4-16(22)30-8-5-13(24)11-30)10-14(25)21(20(19)27)34(32,33)29-18-3-1-2-17(26)28-18/h1-3,10,13,16H,4-9,11-12H2,(H,28,29)/t13-,16+,22-/m0/s1. The average Bonchev–Trinajstić information content (AvgIpc) is 3.38. The number of rotatable bonds is 5. The number of pyridine rings is 1. The molecule has 1 spiro atoms. The predicted octanol–water partition coefficient (Wildman–Crippen LogP) is 4.36. The highest BCUT2D eigenvalue weighted by atomic mass is 35.5. The molecular weight excluding hydrogens is 496 g/mol. The van der Waals surface area contributed by atoms with Crippen LogP contribution in [0, 0.1) is 23.0 Å². The van der Waals surface area contributed by atoms with E-state index in [1.807, 2.05) is 4.72 Å². The molecule has 0 radical (unpaired) electrons. The first-order valence-corrected chi connectivity index (χ1v) is 12.9. The summed E-state index contributed by atoms with van der Waals surface area (Å²) in [6.45, 7) is 2.12. The van der Waals surface area contributed by atoms with Crippen molar-refractivity contribution in [2.75, 3.05) is 35.8 Å². The van der Waals surface area contributed by atoms with Crippen molar-refractivity contribution in [3.8, 4) is 0 Å². The third-order valence-electron chi connectivity index (χ3n) is 7.27. The lowest BCUT2D eigenvalue weighted by molar-refractivity contribution is -0.000949. The lowest BCUT2D eigenvalue weighted by Crippen LogP contribution is -2.56. The van der Waals surface area contributed by atoms with Crippen molar-refractivity contribution in [1.82, 2.24) is 9.88 Å². The zero-order valence-electron chi connectivity index (χ0n) is 18.1. The van der Waals surface area contributed by atoms with Gasteiger partial charge in [0.05, 0.1) is 5.69 Å². The molecule has 6 nitrogen and oxygen atoms in total. The van der Waals surface area contributed by atoms with Gasteiger partial charge in [-0.1, -0.05) is 17.7 Å². The number of alkyl halides is 1. The number of hydrogen-bond acceptors (Lipinski definition) is 5. The number of benzene rings is 1. The molecule has 34 heavy (non-hydrogen) atoms. The van der Waals surface area contributed by atoms with Crippen molar-refractivity contribution in [3.63, 3.8) is 0 Å². The normalized spacial score (nSPS) is 27.4. The van der Waals surface area contributed by atoms with E-state index in [4.69, 9.17) is 11.6 Å². The lowest BCUT2D eigenvalue weighted by Gasteiger charge is -2.51. The Balaban J connectivity index is 1.39. The molecule has 0 amide bonds. The fourth-order valence-electron chi connectivity index (χ4n) is 5.55. The van der Waals surface area contributed by atoms with Gasteiger partial charge in [-0.25, -0.2) is 26.6 Å². The van der Waals surface area contributed by atoms with Crippen LogP contribution >= 0.6 is 11.6 Å². The molecule has 184 valence electrons. The summed E-state index contributed by atoms with van der Waals surface area (Å²) in [5.74, 6) is -4.12. The van der Waals surface area contributed by atoms with E-state index in [9.17, 15) is 21.6 Å². The number of sulfonamides is 1. The number of likely N-dealkylation sites (tertiary alicyclic amines) is 1. The molecule has 1 aromatic heterocycles. The van der Waals surface area contributed by atoms with Gasteiger partial charge in [0.25, 0.3) is 10.0 Å². The average molecular weight is 519 g/mol. The van der Waals surface area contributed by atoms with Crippen molar-refractivity contribution < 1.29 is 26.0 Å². The van der Waals surface area contributed by atoms with Crippen LogP contribution < -0.4 is 9.62 Å². The summed E-state index contributed by atoms with van der Waals surface area (Å²) >= 11 is 6.21. The largest absolute Gasteiger partial charge is 0.370 e. The van der Waals surface area contributed by atoms with Crippen LogP contribution in [0.1, 0.15) is 25.7 Å². The summed E-state index contributed by atoms with van der Waals surface area (Å²) in [5, 5.41) is -0.508. The maximum atomic E-state index is 15.1. The minimum absolute atomic E-state index is 0.0758. The second-order valence-corrected chi connectivity index (χ2v) is 11.3. The molecule has 3 heterocycles. The Morgan fingerprint density at radius 1 is 1.15 bits per heavy atom. The first kappa shape index (κ1) is 23.6. The van der Waals surface area contributed by atoms with Gasteiger partial charge in [-0.2, -0.15) is 4.39 Å². The predicted molar refractivity (Wildman–Crippen MR) is 120 cm³/mol. The van der Waals surface area contributed by atoms with E-state index in [0.717, 1.165) is 37.5 Å². The smallest absolute Gasteiger partial charge is 0.268 e. The third-order valence-corrected chi connectivity index (χ3v) is 9.02. The molecule has 0 unspecified atom stereocenters. The molecular formula is C22H23ClF4N4O2S. The van der Waals surface area contributed by atoms with Crippen molar-refractivity contribution in [3.05, 3.63) is 46.9 Å². The minimum atomic E-state index is -4.77. The summed E-state index contributed by atoms with van der Waals surface area (Å²) in [6.07, 6.45) is 2.36. The van der Waals surface area contributed by atoms with Crippen LogP contribution in [0.25, 0.3) is 0 Å². The summed E-state index contributed by atoms with van der Waals surface area (Å²) in [5.41, 5.74) is -0.0257. The Bertz CT molecular complexity index is 1230. The molecule has 3 fully saturated rings. The van der Waals surface area contributed by atoms with Crippen LogP contribution in [-0.2, 0) is 10.0 Å².